The third-order valence-electron chi connectivity index (χ3n) is 5.69. The van der Waals surface area contributed by atoms with E-state index in [-0.39, 0.29) is 17.9 Å². The fourth-order valence-electron chi connectivity index (χ4n) is 3.82. The minimum atomic E-state index is -0.862. The molecule has 28 heavy (non-hydrogen) atoms. The van der Waals surface area contributed by atoms with Crippen molar-refractivity contribution < 1.29 is 18.3 Å². The van der Waals surface area contributed by atoms with E-state index in [2.05, 4.69) is 4.98 Å². The molecule has 7 heteroatoms. The van der Waals surface area contributed by atoms with Crippen LogP contribution < -0.4 is 0 Å². The van der Waals surface area contributed by atoms with Crippen LogP contribution in [0.4, 0.5) is 8.78 Å². The second-order valence-electron chi connectivity index (χ2n) is 7.70. The van der Waals surface area contributed by atoms with Gasteiger partial charge in [-0.1, -0.05) is 12.5 Å². The Labute approximate surface area is 163 Å². The molecule has 1 atom stereocenters. The molecule has 2 aromatic rings. The van der Waals surface area contributed by atoms with E-state index in [1.165, 1.54) is 6.07 Å². The van der Waals surface area contributed by atoms with Gasteiger partial charge in [0.05, 0.1) is 12.6 Å². The van der Waals surface area contributed by atoms with Crippen LogP contribution in [0.15, 0.2) is 30.6 Å². The van der Waals surface area contributed by atoms with E-state index >= 15 is 0 Å². The molecule has 2 heterocycles. The van der Waals surface area contributed by atoms with E-state index in [0.717, 1.165) is 50.6 Å². The summed E-state index contributed by atoms with van der Waals surface area (Å²) in [5.74, 6) is -0.710. The van der Waals surface area contributed by atoms with Crippen molar-refractivity contribution in [3.63, 3.8) is 0 Å². The maximum atomic E-state index is 13.5. The normalized spacial score (nSPS) is 19.6. The average molecular weight is 389 g/mol. The number of ether oxygens (including phenoxy) is 1. The molecule has 1 aliphatic heterocycles. The van der Waals surface area contributed by atoms with Gasteiger partial charge in [0.2, 0.25) is 5.91 Å². The molecule has 1 amide bonds. The SMILES string of the molecule is O=C(C1CCC1)N(Cc1nccn1Cc1ccc(F)c(F)c1)C[C@@H]1CCCO1. The van der Waals surface area contributed by atoms with Gasteiger partial charge in [-0.3, -0.25) is 4.79 Å². The van der Waals surface area contributed by atoms with Crippen molar-refractivity contribution in [3.05, 3.63) is 53.6 Å². The Morgan fingerprint density at radius 2 is 2.07 bits per heavy atom. The standard InChI is InChI=1S/C21H25F2N3O2/c22-18-7-6-15(11-19(18)23)12-25-9-8-24-20(25)14-26(13-17-5-2-10-28-17)21(27)16-3-1-4-16/h6-9,11,16-17H,1-5,10,12-14H2/t17-/m0/s1. The van der Waals surface area contributed by atoms with Crippen molar-refractivity contribution in [2.45, 2.75) is 51.3 Å². The second kappa shape index (κ2) is 8.39. The van der Waals surface area contributed by atoms with E-state index in [1.807, 2.05) is 9.47 Å². The van der Waals surface area contributed by atoms with Gasteiger partial charge >= 0.3 is 0 Å². The third-order valence-corrected chi connectivity index (χ3v) is 5.69. The van der Waals surface area contributed by atoms with Gasteiger partial charge in [0.25, 0.3) is 0 Å². The Morgan fingerprint density at radius 1 is 1.21 bits per heavy atom. The van der Waals surface area contributed by atoms with Gasteiger partial charge in [-0.2, -0.15) is 0 Å². The van der Waals surface area contributed by atoms with E-state index in [9.17, 15) is 13.6 Å². The summed E-state index contributed by atoms with van der Waals surface area (Å²) in [6.07, 6.45) is 8.56. The maximum absolute atomic E-state index is 13.5. The molecule has 0 bridgehead atoms. The van der Waals surface area contributed by atoms with Crippen LogP contribution in [0.5, 0.6) is 0 Å². The minimum Gasteiger partial charge on any atom is -0.376 e. The molecular weight excluding hydrogens is 364 g/mol. The summed E-state index contributed by atoms with van der Waals surface area (Å²) < 4.78 is 34.3. The Kier molecular flexibility index (Phi) is 5.71. The number of carbonyl (C=O) groups excluding carboxylic acids is 1. The van der Waals surface area contributed by atoms with Crippen molar-refractivity contribution >= 4 is 5.91 Å². The molecule has 1 aliphatic carbocycles. The molecule has 1 saturated heterocycles. The van der Waals surface area contributed by atoms with Crippen molar-refractivity contribution in [1.82, 2.24) is 14.5 Å². The molecule has 1 aromatic heterocycles. The van der Waals surface area contributed by atoms with Gasteiger partial charge in [-0.15, -0.1) is 0 Å². The summed E-state index contributed by atoms with van der Waals surface area (Å²) >= 11 is 0. The Balaban J connectivity index is 1.49. The predicted octanol–water partition coefficient (Wildman–Crippen LogP) is 3.52. The number of rotatable bonds is 7. The number of amides is 1. The molecule has 2 fully saturated rings. The second-order valence-corrected chi connectivity index (χ2v) is 7.70. The highest BCUT2D eigenvalue weighted by Gasteiger charge is 2.32. The lowest BCUT2D eigenvalue weighted by Crippen LogP contribution is -2.42. The van der Waals surface area contributed by atoms with Gasteiger partial charge in [0.15, 0.2) is 11.6 Å². The van der Waals surface area contributed by atoms with Crippen molar-refractivity contribution in [1.29, 1.82) is 0 Å². The highest BCUT2D eigenvalue weighted by molar-refractivity contribution is 5.79. The van der Waals surface area contributed by atoms with Crippen molar-refractivity contribution in [2.75, 3.05) is 13.2 Å². The largest absolute Gasteiger partial charge is 0.376 e. The van der Waals surface area contributed by atoms with E-state index < -0.39 is 11.6 Å². The van der Waals surface area contributed by atoms with E-state index in [1.54, 1.807) is 18.5 Å². The first-order chi connectivity index (χ1) is 13.6. The molecule has 0 spiro atoms. The Morgan fingerprint density at radius 3 is 2.75 bits per heavy atom. The average Bonchev–Trinajstić information content (AvgIpc) is 3.28. The lowest BCUT2D eigenvalue weighted by molar-refractivity contribution is -0.140. The summed E-state index contributed by atoms with van der Waals surface area (Å²) in [7, 11) is 0. The molecule has 0 unspecified atom stereocenters. The summed E-state index contributed by atoms with van der Waals surface area (Å²) in [5.41, 5.74) is 0.647. The van der Waals surface area contributed by atoms with Crippen molar-refractivity contribution in [2.24, 2.45) is 5.92 Å². The molecule has 2 aliphatic rings. The fraction of sp³-hybridized carbons (Fsp3) is 0.524. The summed E-state index contributed by atoms with van der Waals surface area (Å²) in [6, 6.07) is 3.89. The van der Waals surface area contributed by atoms with Crippen LogP contribution >= 0.6 is 0 Å². The zero-order valence-corrected chi connectivity index (χ0v) is 15.8. The Bertz CT molecular complexity index is 829. The first-order valence-electron chi connectivity index (χ1n) is 9.94. The van der Waals surface area contributed by atoms with Crippen LogP contribution in [-0.4, -0.2) is 39.6 Å². The Hall–Kier alpha value is -2.28. The lowest BCUT2D eigenvalue weighted by atomic mass is 9.84. The van der Waals surface area contributed by atoms with Crippen LogP contribution in [0.25, 0.3) is 0 Å². The summed E-state index contributed by atoms with van der Waals surface area (Å²) in [5, 5.41) is 0. The van der Waals surface area contributed by atoms with Crippen LogP contribution in [0.1, 0.15) is 43.5 Å². The van der Waals surface area contributed by atoms with E-state index in [0.29, 0.717) is 25.2 Å². The number of imidazole rings is 1. The molecule has 150 valence electrons. The topological polar surface area (TPSA) is 47.4 Å². The first kappa shape index (κ1) is 19.1. The number of nitrogens with zero attached hydrogens (tertiary/aromatic N) is 3. The van der Waals surface area contributed by atoms with Gasteiger partial charge < -0.3 is 14.2 Å². The molecule has 5 nitrogen and oxygen atoms in total. The number of hydrogen-bond acceptors (Lipinski definition) is 3. The molecular formula is C21H25F2N3O2. The van der Waals surface area contributed by atoms with Crippen LogP contribution in [0.2, 0.25) is 0 Å². The molecule has 0 radical (unpaired) electrons. The fourth-order valence-corrected chi connectivity index (χ4v) is 3.82. The molecule has 0 N–H and O–H groups in total. The van der Waals surface area contributed by atoms with Crippen LogP contribution in [-0.2, 0) is 22.6 Å². The zero-order chi connectivity index (χ0) is 19.5. The van der Waals surface area contributed by atoms with Gasteiger partial charge in [0.1, 0.15) is 5.82 Å². The maximum Gasteiger partial charge on any atom is 0.226 e. The lowest BCUT2D eigenvalue weighted by Gasteiger charge is -2.33. The van der Waals surface area contributed by atoms with E-state index in [4.69, 9.17) is 4.74 Å². The predicted molar refractivity (Wildman–Crippen MR) is 99.4 cm³/mol. The van der Waals surface area contributed by atoms with Gasteiger partial charge in [0, 0.05) is 38.0 Å². The van der Waals surface area contributed by atoms with Crippen molar-refractivity contribution in [3.8, 4) is 0 Å². The number of benzene rings is 1. The van der Waals surface area contributed by atoms with Crippen LogP contribution in [0.3, 0.4) is 0 Å². The summed E-state index contributed by atoms with van der Waals surface area (Å²) in [4.78, 5) is 19.2. The summed E-state index contributed by atoms with van der Waals surface area (Å²) in [6.45, 7) is 2.10. The molecule has 4 rings (SSSR count). The van der Waals surface area contributed by atoms with Gasteiger partial charge in [-0.05, 0) is 43.4 Å². The quantitative estimate of drug-likeness (QED) is 0.728. The third kappa shape index (κ3) is 4.24. The smallest absolute Gasteiger partial charge is 0.226 e. The highest BCUT2D eigenvalue weighted by Crippen LogP contribution is 2.29. The zero-order valence-electron chi connectivity index (χ0n) is 15.8. The number of carbonyl (C=O) groups is 1. The molecule has 1 saturated carbocycles. The monoisotopic (exact) mass is 389 g/mol. The number of aromatic nitrogens is 2. The van der Waals surface area contributed by atoms with Gasteiger partial charge in [-0.25, -0.2) is 13.8 Å². The molecule has 1 aromatic carbocycles. The van der Waals surface area contributed by atoms with Crippen LogP contribution in [0, 0.1) is 17.6 Å². The minimum absolute atomic E-state index is 0.0821. The first-order valence-corrected chi connectivity index (χ1v) is 9.94. The highest BCUT2D eigenvalue weighted by atomic mass is 19.2. The number of halogens is 2. The number of hydrogen-bond donors (Lipinski definition) is 0.